The molecule has 0 spiro atoms. The van der Waals surface area contributed by atoms with Crippen LogP contribution in [0, 0.1) is 5.82 Å². The molecule has 0 aromatic heterocycles. The van der Waals surface area contributed by atoms with E-state index in [9.17, 15) is 14.0 Å². The quantitative estimate of drug-likeness (QED) is 0.802. The molecule has 0 aliphatic carbocycles. The number of amides is 4. The Bertz CT molecular complexity index is 464. The van der Waals surface area contributed by atoms with Crippen LogP contribution in [0.1, 0.15) is 0 Å². The van der Waals surface area contributed by atoms with E-state index in [-0.39, 0.29) is 0 Å². The summed E-state index contributed by atoms with van der Waals surface area (Å²) >= 11 is 0. The molecule has 2 rings (SSSR count). The van der Waals surface area contributed by atoms with Crippen LogP contribution >= 0.6 is 0 Å². The van der Waals surface area contributed by atoms with Crippen molar-refractivity contribution < 1.29 is 14.0 Å². The molecule has 1 aromatic rings. The zero-order chi connectivity index (χ0) is 12.4. The Morgan fingerprint density at radius 2 is 2.18 bits per heavy atom. The van der Waals surface area contributed by atoms with Gasteiger partial charge in [-0.3, -0.25) is 4.90 Å². The summed E-state index contributed by atoms with van der Waals surface area (Å²) in [6.45, 7) is 0.671. The number of hydrogen-bond donors (Lipinski definition) is 1. The van der Waals surface area contributed by atoms with E-state index in [4.69, 9.17) is 0 Å². The molecule has 4 amide bonds. The molecule has 0 radical (unpaired) electrons. The first-order valence-corrected chi connectivity index (χ1v) is 5.20. The van der Waals surface area contributed by atoms with E-state index >= 15 is 0 Å². The average molecular weight is 237 g/mol. The molecule has 0 bridgehead atoms. The van der Waals surface area contributed by atoms with Crippen molar-refractivity contribution in [1.82, 2.24) is 10.2 Å². The normalized spacial score (nSPS) is 15.3. The number of urea groups is 2. The Morgan fingerprint density at radius 3 is 2.82 bits per heavy atom. The fourth-order valence-electron chi connectivity index (χ4n) is 1.74. The van der Waals surface area contributed by atoms with Gasteiger partial charge in [0.1, 0.15) is 5.82 Å². The van der Waals surface area contributed by atoms with E-state index in [0.717, 1.165) is 4.90 Å². The Kier molecular flexibility index (Phi) is 2.95. The van der Waals surface area contributed by atoms with Gasteiger partial charge in [-0.1, -0.05) is 6.07 Å². The van der Waals surface area contributed by atoms with Crippen LogP contribution in [0.15, 0.2) is 24.3 Å². The van der Waals surface area contributed by atoms with Gasteiger partial charge in [0.05, 0.1) is 6.54 Å². The first-order chi connectivity index (χ1) is 8.13. The summed E-state index contributed by atoms with van der Waals surface area (Å²) in [5, 5.41) is 2.39. The van der Waals surface area contributed by atoms with Crippen LogP contribution in [0.4, 0.5) is 19.7 Å². The summed E-state index contributed by atoms with van der Waals surface area (Å²) in [6.07, 6.45) is 0. The Balaban J connectivity index is 2.20. The van der Waals surface area contributed by atoms with Crippen molar-refractivity contribution in [1.29, 1.82) is 0 Å². The van der Waals surface area contributed by atoms with Gasteiger partial charge in [-0.2, -0.15) is 0 Å². The van der Waals surface area contributed by atoms with Crippen LogP contribution in [0.25, 0.3) is 0 Å². The highest BCUT2D eigenvalue weighted by molar-refractivity contribution is 6.04. The van der Waals surface area contributed by atoms with E-state index < -0.39 is 17.9 Å². The lowest BCUT2D eigenvalue weighted by Crippen LogP contribution is -2.41. The Morgan fingerprint density at radius 1 is 1.41 bits per heavy atom. The van der Waals surface area contributed by atoms with E-state index in [1.165, 1.54) is 30.1 Å². The molecule has 6 heteroatoms. The molecule has 1 aliphatic rings. The molecule has 5 nitrogen and oxygen atoms in total. The maximum atomic E-state index is 13.0. The van der Waals surface area contributed by atoms with E-state index in [2.05, 4.69) is 5.32 Å². The summed E-state index contributed by atoms with van der Waals surface area (Å²) in [7, 11) is 1.46. The van der Waals surface area contributed by atoms with Gasteiger partial charge in [-0.05, 0) is 18.2 Å². The minimum absolute atomic E-state index is 0.301. The molecule has 0 atom stereocenters. The summed E-state index contributed by atoms with van der Waals surface area (Å²) in [4.78, 5) is 25.7. The SMILES string of the molecule is CNC(=O)N1CCN(c2cccc(F)c2)C1=O. The number of nitrogens with zero attached hydrogens (tertiary/aromatic N) is 2. The number of carbonyl (C=O) groups is 2. The van der Waals surface area contributed by atoms with Crippen LogP contribution < -0.4 is 10.2 Å². The number of halogens is 1. The third-order valence-electron chi connectivity index (χ3n) is 2.59. The van der Waals surface area contributed by atoms with Gasteiger partial charge in [-0.25, -0.2) is 18.9 Å². The van der Waals surface area contributed by atoms with Crippen LogP contribution in [0.2, 0.25) is 0 Å². The van der Waals surface area contributed by atoms with Crippen LogP contribution in [0.5, 0.6) is 0 Å². The second-order valence-corrected chi connectivity index (χ2v) is 3.62. The van der Waals surface area contributed by atoms with E-state index in [1.54, 1.807) is 6.07 Å². The second-order valence-electron chi connectivity index (χ2n) is 3.62. The van der Waals surface area contributed by atoms with E-state index in [1.807, 2.05) is 0 Å². The van der Waals surface area contributed by atoms with Gasteiger partial charge in [0.2, 0.25) is 0 Å². The number of rotatable bonds is 1. The van der Waals surface area contributed by atoms with Crippen molar-refractivity contribution in [3.63, 3.8) is 0 Å². The number of imide groups is 1. The predicted octanol–water partition coefficient (Wildman–Crippen LogP) is 1.41. The molecule has 1 heterocycles. The summed E-state index contributed by atoms with van der Waals surface area (Å²) < 4.78 is 13.0. The van der Waals surface area contributed by atoms with Gasteiger partial charge in [-0.15, -0.1) is 0 Å². The molecule has 1 aliphatic heterocycles. The lowest BCUT2D eigenvalue weighted by Gasteiger charge is -2.17. The molecular weight excluding hydrogens is 225 g/mol. The lowest BCUT2D eigenvalue weighted by atomic mass is 10.3. The lowest BCUT2D eigenvalue weighted by molar-refractivity contribution is 0.202. The molecule has 90 valence electrons. The molecule has 1 saturated heterocycles. The zero-order valence-corrected chi connectivity index (χ0v) is 9.31. The van der Waals surface area contributed by atoms with Crippen LogP contribution in [-0.2, 0) is 0 Å². The molecular formula is C11H12FN3O2. The number of carbonyl (C=O) groups excluding carboxylic acids is 2. The first kappa shape index (κ1) is 11.4. The van der Waals surface area contributed by atoms with E-state index in [0.29, 0.717) is 18.8 Å². The average Bonchev–Trinajstić information content (AvgIpc) is 2.70. The maximum absolute atomic E-state index is 13.0. The highest BCUT2D eigenvalue weighted by Gasteiger charge is 2.33. The van der Waals surface area contributed by atoms with Crippen LogP contribution in [-0.4, -0.2) is 37.1 Å². The molecule has 1 fully saturated rings. The van der Waals surface area contributed by atoms with Gasteiger partial charge in [0.25, 0.3) is 0 Å². The fourth-order valence-corrected chi connectivity index (χ4v) is 1.74. The van der Waals surface area contributed by atoms with Gasteiger partial charge in [0, 0.05) is 19.3 Å². The van der Waals surface area contributed by atoms with Crippen molar-refractivity contribution >= 4 is 17.7 Å². The van der Waals surface area contributed by atoms with Gasteiger partial charge in [0.15, 0.2) is 0 Å². The van der Waals surface area contributed by atoms with Crippen molar-refractivity contribution in [3.05, 3.63) is 30.1 Å². The Hall–Kier alpha value is -2.11. The summed E-state index contributed by atoms with van der Waals surface area (Å²) in [5.41, 5.74) is 0.460. The number of benzene rings is 1. The summed E-state index contributed by atoms with van der Waals surface area (Å²) in [5.74, 6) is -0.409. The first-order valence-electron chi connectivity index (χ1n) is 5.20. The minimum Gasteiger partial charge on any atom is -0.341 e. The zero-order valence-electron chi connectivity index (χ0n) is 9.31. The highest BCUT2D eigenvalue weighted by Crippen LogP contribution is 2.20. The maximum Gasteiger partial charge on any atom is 0.332 e. The van der Waals surface area contributed by atoms with Crippen molar-refractivity contribution in [2.45, 2.75) is 0 Å². The third-order valence-corrected chi connectivity index (χ3v) is 2.59. The summed E-state index contributed by atoms with van der Waals surface area (Å²) in [6, 6.07) is 4.85. The van der Waals surface area contributed by atoms with Gasteiger partial charge >= 0.3 is 12.1 Å². The minimum atomic E-state index is -0.450. The second kappa shape index (κ2) is 4.40. The molecule has 1 aromatic carbocycles. The van der Waals surface area contributed by atoms with Crippen molar-refractivity contribution in [3.8, 4) is 0 Å². The smallest absolute Gasteiger partial charge is 0.332 e. The monoisotopic (exact) mass is 237 g/mol. The van der Waals surface area contributed by atoms with Crippen molar-refractivity contribution in [2.75, 3.05) is 25.0 Å². The van der Waals surface area contributed by atoms with Crippen LogP contribution in [0.3, 0.4) is 0 Å². The standard InChI is InChI=1S/C11H12FN3O2/c1-13-10(16)15-6-5-14(11(15)17)9-4-2-3-8(12)7-9/h2-4,7H,5-6H2,1H3,(H,13,16). The Labute approximate surface area is 97.8 Å². The third kappa shape index (κ3) is 2.06. The molecule has 0 unspecified atom stereocenters. The molecule has 17 heavy (non-hydrogen) atoms. The molecule has 1 N–H and O–H groups in total. The number of nitrogens with one attached hydrogen (secondary N) is 1. The predicted molar refractivity (Wildman–Crippen MR) is 60.3 cm³/mol. The largest absolute Gasteiger partial charge is 0.341 e. The number of hydrogen-bond acceptors (Lipinski definition) is 2. The fraction of sp³-hybridized carbons (Fsp3) is 0.273. The van der Waals surface area contributed by atoms with Gasteiger partial charge < -0.3 is 5.32 Å². The molecule has 0 saturated carbocycles. The number of anilines is 1. The highest BCUT2D eigenvalue weighted by atomic mass is 19.1. The topological polar surface area (TPSA) is 52.7 Å². The van der Waals surface area contributed by atoms with Crippen molar-refractivity contribution in [2.24, 2.45) is 0 Å².